The number of aromatic nitrogens is 3. The van der Waals surface area contributed by atoms with Crippen molar-refractivity contribution >= 4 is 11.7 Å². The van der Waals surface area contributed by atoms with Gasteiger partial charge in [-0.3, -0.25) is 0 Å². The van der Waals surface area contributed by atoms with Crippen LogP contribution in [0.3, 0.4) is 0 Å². The normalized spacial score (nSPS) is 14.2. The third kappa shape index (κ3) is 3.24. The van der Waals surface area contributed by atoms with E-state index in [-0.39, 0.29) is 12.1 Å². The Balaban J connectivity index is 1.35. The molecule has 1 fully saturated rings. The fourth-order valence-electron chi connectivity index (χ4n) is 2.82. The lowest BCUT2D eigenvalue weighted by molar-refractivity contribution is 0.127. The van der Waals surface area contributed by atoms with E-state index in [1.807, 2.05) is 72.4 Å². The minimum Gasteiger partial charge on any atom is -0.320 e. The van der Waals surface area contributed by atoms with Crippen molar-refractivity contribution in [3.63, 3.8) is 0 Å². The van der Waals surface area contributed by atoms with Gasteiger partial charge in [-0.2, -0.15) is 0 Å². The first kappa shape index (κ1) is 15.4. The zero-order valence-electron chi connectivity index (χ0n) is 14.0. The Bertz CT molecular complexity index is 866. The number of rotatable bonds is 3. The second-order valence-corrected chi connectivity index (χ2v) is 6.30. The topological polar surface area (TPSA) is 63.1 Å². The molecule has 1 saturated heterocycles. The summed E-state index contributed by atoms with van der Waals surface area (Å²) in [5.74, 6) is 0. The third-order valence-corrected chi connectivity index (χ3v) is 4.41. The summed E-state index contributed by atoms with van der Waals surface area (Å²) < 4.78 is 1.85. The molecule has 25 heavy (non-hydrogen) atoms. The van der Waals surface area contributed by atoms with Crippen LogP contribution in [0.5, 0.6) is 0 Å². The molecule has 0 aliphatic carbocycles. The first-order valence-corrected chi connectivity index (χ1v) is 8.29. The van der Waals surface area contributed by atoms with Crippen LogP contribution in [0, 0.1) is 6.92 Å². The monoisotopic (exact) mass is 333 g/mol. The van der Waals surface area contributed by atoms with E-state index >= 15 is 0 Å². The molecule has 0 unspecified atom stereocenters. The second-order valence-electron chi connectivity index (χ2n) is 6.30. The van der Waals surface area contributed by atoms with Crippen molar-refractivity contribution in [3.8, 4) is 11.3 Å². The number of nitrogens with one attached hydrogen (secondary N) is 1. The van der Waals surface area contributed by atoms with Crippen molar-refractivity contribution in [2.75, 3.05) is 18.4 Å². The first-order chi connectivity index (χ1) is 12.2. The molecule has 1 aromatic heterocycles. The van der Waals surface area contributed by atoms with E-state index in [0.717, 1.165) is 16.9 Å². The molecule has 0 saturated carbocycles. The van der Waals surface area contributed by atoms with Crippen LogP contribution in [-0.4, -0.2) is 39.0 Å². The Kier molecular flexibility index (Phi) is 3.93. The summed E-state index contributed by atoms with van der Waals surface area (Å²) in [6.07, 6.45) is 1.94. The van der Waals surface area contributed by atoms with E-state index < -0.39 is 0 Å². The molecule has 0 bridgehead atoms. The average molecular weight is 333 g/mol. The predicted molar refractivity (Wildman–Crippen MR) is 96.3 cm³/mol. The maximum atomic E-state index is 12.3. The van der Waals surface area contributed by atoms with E-state index in [1.165, 1.54) is 5.56 Å². The molecule has 1 aliphatic rings. The smallest absolute Gasteiger partial charge is 0.320 e. The van der Waals surface area contributed by atoms with Gasteiger partial charge in [0.1, 0.15) is 5.69 Å². The highest BCUT2D eigenvalue weighted by Gasteiger charge is 2.32. The van der Waals surface area contributed by atoms with Crippen molar-refractivity contribution in [1.29, 1.82) is 0 Å². The molecule has 4 rings (SSSR count). The van der Waals surface area contributed by atoms with E-state index in [4.69, 9.17) is 0 Å². The van der Waals surface area contributed by atoms with E-state index in [2.05, 4.69) is 15.6 Å². The molecule has 6 nitrogen and oxygen atoms in total. The second kappa shape index (κ2) is 6.39. The molecule has 0 radical (unpaired) electrons. The molecule has 2 amide bonds. The lowest BCUT2D eigenvalue weighted by Gasteiger charge is -2.38. The standard InChI is InChI=1S/C19H19N5O/c1-14-7-9-16(10-8-14)20-19(25)23-11-17(12-23)24-13-18(21-22-24)15-5-3-2-4-6-15/h2-10,13,17H,11-12H2,1H3,(H,20,25). The Labute approximate surface area is 146 Å². The quantitative estimate of drug-likeness (QED) is 0.799. The van der Waals surface area contributed by atoms with Crippen LogP contribution in [0.15, 0.2) is 60.8 Å². The lowest BCUT2D eigenvalue weighted by atomic mass is 10.1. The van der Waals surface area contributed by atoms with Gasteiger partial charge < -0.3 is 10.2 Å². The molecule has 6 heteroatoms. The van der Waals surface area contributed by atoms with E-state index in [1.54, 1.807) is 4.90 Å². The number of hydrogen-bond acceptors (Lipinski definition) is 3. The summed E-state index contributed by atoms with van der Waals surface area (Å²) in [7, 11) is 0. The molecule has 3 aromatic rings. The van der Waals surface area contributed by atoms with Crippen LogP contribution >= 0.6 is 0 Å². The maximum Gasteiger partial charge on any atom is 0.321 e. The number of hydrogen-bond donors (Lipinski definition) is 1. The highest BCUT2D eigenvalue weighted by molar-refractivity contribution is 5.89. The molecule has 0 spiro atoms. The van der Waals surface area contributed by atoms with Gasteiger partial charge in [0, 0.05) is 24.3 Å². The zero-order valence-corrected chi connectivity index (χ0v) is 14.0. The van der Waals surface area contributed by atoms with Gasteiger partial charge in [-0.1, -0.05) is 53.2 Å². The molecule has 1 aliphatic heterocycles. The Hall–Kier alpha value is -3.15. The minimum atomic E-state index is -0.0801. The largest absolute Gasteiger partial charge is 0.321 e. The van der Waals surface area contributed by atoms with Crippen molar-refractivity contribution < 1.29 is 4.79 Å². The van der Waals surface area contributed by atoms with Crippen LogP contribution < -0.4 is 5.32 Å². The molecule has 2 aromatic carbocycles. The molecular formula is C19H19N5O. The van der Waals surface area contributed by atoms with Gasteiger partial charge in [0.05, 0.1) is 12.2 Å². The van der Waals surface area contributed by atoms with Gasteiger partial charge in [0.25, 0.3) is 0 Å². The summed E-state index contributed by atoms with van der Waals surface area (Å²) in [6.45, 7) is 3.29. The third-order valence-electron chi connectivity index (χ3n) is 4.41. The number of carbonyl (C=O) groups is 1. The van der Waals surface area contributed by atoms with Crippen LogP contribution in [0.25, 0.3) is 11.3 Å². The first-order valence-electron chi connectivity index (χ1n) is 8.29. The number of benzene rings is 2. The Morgan fingerprint density at radius 3 is 2.52 bits per heavy atom. The molecular weight excluding hydrogens is 314 g/mol. The number of aryl methyl sites for hydroxylation is 1. The predicted octanol–water partition coefficient (Wildman–Crippen LogP) is 3.34. The van der Waals surface area contributed by atoms with Crippen LogP contribution in [0.1, 0.15) is 11.6 Å². The number of amides is 2. The Morgan fingerprint density at radius 2 is 1.80 bits per heavy atom. The van der Waals surface area contributed by atoms with E-state index in [9.17, 15) is 4.79 Å². The van der Waals surface area contributed by atoms with Crippen molar-refractivity contribution in [1.82, 2.24) is 19.9 Å². The molecule has 126 valence electrons. The van der Waals surface area contributed by atoms with Crippen molar-refractivity contribution in [2.45, 2.75) is 13.0 Å². The van der Waals surface area contributed by atoms with Crippen molar-refractivity contribution in [2.24, 2.45) is 0 Å². The molecule has 1 N–H and O–H groups in total. The summed E-state index contributed by atoms with van der Waals surface area (Å²) >= 11 is 0. The summed E-state index contributed by atoms with van der Waals surface area (Å²) in [5, 5.41) is 11.4. The summed E-state index contributed by atoms with van der Waals surface area (Å²) in [4.78, 5) is 14.0. The van der Waals surface area contributed by atoms with Gasteiger partial charge in [0.2, 0.25) is 0 Å². The minimum absolute atomic E-state index is 0.0801. The van der Waals surface area contributed by atoms with Crippen LogP contribution in [0.4, 0.5) is 10.5 Å². The number of nitrogens with zero attached hydrogens (tertiary/aromatic N) is 4. The number of urea groups is 1. The SMILES string of the molecule is Cc1ccc(NC(=O)N2CC(n3cc(-c4ccccc4)nn3)C2)cc1. The van der Waals surface area contributed by atoms with Gasteiger partial charge in [-0.15, -0.1) is 5.10 Å². The Morgan fingerprint density at radius 1 is 1.08 bits per heavy atom. The van der Waals surface area contributed by atoms with Gasteiger partial charge >= 0.3 is 6.03 Å². The van der Waals surface area contributed by atoms with Crippen molar-refractivity contribution in [3.05, 3.63) is 66.4 Å². The number of likely N-dealkylation sites (tertiary alicyclic amines) is 1. The van der Waals surface area contributed by atoms with E-state index in [0.29, 0.717) is 13.1 Å². The highest BCUT2D eigenvalue weighted by Crippen LogP contribution is 2.24. The zero-order chi connectivity index (χ0) is 17.2. The van der Waals surface area contributed by atoms with Gasteiger partial charge in [-0.05, 0) is 19.1 Å². The molecule has 2 heterocycles. The summed E-state index contributed by atoms with van der Waals surface area (Å²) in [6, 6.07) is 17.8. The van der Waals surface area contributed by atoms with Gasteiger partial charge in [0.15, 0.2) is 0 Å². The highest BCUT2D eigenvalue weighted by atomic mass is 16.2. The molecule has 0 atom stereocenters. The number of anilines is 1. The number of carbonyl (C=O) groups excluding carboxylic acids is 1. The fourth-order valence-corrected chi connectivity index (χ4v) is 2.82. The fraction of sp³-hybridized carbons (Fsp3) is 0.211. The van der Waals surface area contributed by atoms with Crippen LogP contribution in [-0.2, 0) is 0 Å². The summed E-state index contributed by atoms with van der Waals surface area (Å²) in [5.41, 5.74) is 3.87. The van der Waals surface area contributed by atoms with Gasteiger partial charge in [-0.25, -0.2) is 9.48 Å². The maximum absolute atomic E-state index is 12.3. The average Bonchev–Trinajstić information content (AvgIpc) is 3.06. The lowest BCUT2D eigenvalue weighted by Crippen LogP contribution is -2.52. The van der Waals surface area contributed by atoms with Crippen LogP contribution in [0.2, 0.25) is 0 Å².